The van der Waals surface area contributed by atoms with Crippen LogP contribution in [-0.4, -0.2) is 11.9 Å². The van der Waals surface area contributed by atoms with E-state index < -0.39 is 0 Å². The summed E-state index contributed by atoms with van der Waals surface area (Å²) >= 11 is 1.84. The number of fused-ring (bicyclic) bond motifs is 1. The molecule has 1 aliphatic carbocycles. The molecule has 0 fully saturated rings. The summed E-state index contributed by atoms with van der Waals surface area (Å²) in [7, 11) is 0. The van der Waals surface area contributed by atoms with Crippen molar-refractivity contribution < 1.29 is 4.79 Å². The highest BCUT2D eigenvalue weighted by Crippen LogP contribution is 2.30. The summed E-state index contributed by atoms with van der Waals surface area (Å²) < 4.78 is 0. The van der Waals surface area contributed by atoms with Crippen molar-refractivity contribution in [1.29, 1.82) is 0 Å². The average Bonchev–Trinajstić information content (AvgIpc) is 2.86. The molecule has 0 bridgehead atoms. The third kappa shape index (κ3) is 3.30. The highest BCUT2D eigenvalue weighted by atomic mass is 32.1. The Kier molecular flexibility index (Phi) is 4.18. The quantitative estimate of drug-likeness (QED) is 0.842. The van der Waals surface area contributed by atoms with Crippen molar-refractivity contribution in [3.63, 3.8) is 0 Å². The summed E-state index contributed by atoms with van der Waals surface area (Å²) in [5.41, 5.74) is 7.23. The molecule has 3 nitrogen and oxygen atoms in total. The Balaban J connectivity index is 1.79. The van der Waals surface area contributed by atoms with E-state index in [2.05, 4.69) is 11.4 Å². The van der Waals surface area contributed by atoms with Gasteiger partial charge in [0.05, 0.1) is 6.54 Å². The van der Waals surface area contributed by atoms with Gasteiger partial charge in [0.25, 0.3) is 0 Å². The molecule has 1 amide bonds. The summed E-state index contributed by atoms with van der Waals surface area (Å²) in [5.74, 6) is 0.0629. The van der Waals surface area contributed by atoms with Crippen LogP contribution in [0.25, 0.3) is 0 Å². The molecule has 0 spiro atoms. The third-order valence-electron chi connectivity index (χ3n) is 3.23. The molecule has 0 saturated carbocycles. The first-order chi connectivity index (χ1) is 8.19. The maximum atomic E-state index is 11.6. The number of rotatable bonds is 5. The fraction of sp³-hybridized carbons (Fsp3) is 0.615. The molecule has 1 aromatic heterocycles. The van der Waals surface area contributed by atoms with E-state index in [1.165, 1.54) is 34.6 Å². The summed E-state index contributed by atoms with van der Waals surface area (Å²) in [6.07, 6.45) is 5.00. The molecule has 1 aromatic rings. The third-order valence-corrected chi connectivity index (χ3v) is 4.47. The first kappa shape index (κ1) is 12.6. The molecule has 17 heavy (non-hydrogen) atoms. The van der Waals surface area contributed by atoms with Gasteiger partial charge in [0.15, 0.2) is 0 Å². The van der Waals surface area contributed by atoms with E-state index in [1.54, 1.807) is 0 Å². The molecular formula is C13H20N2OS. The summed E-state index contributed by atoms with van der Waals surface area (Å²) in [4.78, 5) is 14.4. The van der Waals surface area contributed by atoms with E-state index in [4.69, 9.17) is 5.73 Å². The van der Waals surface area contributed by atoms with Crippen molar-refractivity contribution in [2.75, 3.05) is 0 Å². The number of thiophene rings is 1. The van der Waals surface area contributed by atoms with Gasteiger partial charge in [-0.15, -0.1) is 11.3 Å². The topological polar surface area (TPSA) is 55.1 Å². The fourth-order valence-electron chi connectivity index (χ4n) is 2.12. The zero-order valence-corrected chi connectivity index (χ0v) is 11.1. The normalized spacial score (nSPS) is 15.6. The molecule has 0 radical (unpaired) electrons. The maximum Gasteiger partial charge on any atom is 0.221 e. The molecule has 94 valence electrons. The van der Waals surface area contributed by atoms with Crippen LogP contribution in [0.15, 0.2) is 6.07 Å². The minimum atomic E-state index is -0.0108. The molecule has 2 rings (SSSR count). The molecule has 1 atom stereocenters. The predicted octanol–water partition coefficient (Wildman–Crippen LogP) is 1.98. The monoisotopic (exact) mass is 252 g/mol. The fourth-order valence-corrected chi connectivity index (χ4v) is 3.32. The summed E-state index contributed by atoms with van der Waals surface area (Å²) in [6.45, 7) is 2.66. The van der Waals surface area contributed by atoms with Crippen LogP contribution >= 0.6 is 11.3 Å². The van der Waals surface area contributed by atoms with Gasteiger partial charge in [0, 0.05) is 22.2 Å². The van der Waals surface area contributed by atoms with Gasteiger partial charge in [0.2, 0.25) is 5.91 Å². The molecule has 1 unspecified atom stereocenters. The van der Waals surface area contributed by atoms with Crippen molar-refractivity contribution in [3.8, 4) is 0 Å². The van der Waals surface area contributed by atoms with Gasteiger partial charge in [-0.3, -0.25) is 4.79 Å². The number of nitrogens with one attached hydrogen (secondary N) is 1. The molecule has 1 aliphatic rings. The number of aryl methyl sites for hydroxylation is 2. The van der Waals surface area contributed by atoms with Gasteiger partial charge in [0.1, 0.15) is 0 Å². The number of carbonyl (C=O) groups excluding carboxylic acids is 1. The van der Waals surface area contributed by atoms with E-state index in [9.17, 15) is 4.79 Å². The number of hydrogen-bond acceptors (Lipinski definition) is 3. The van der Waals surface area contributed by atoms with E-state index in [-0.39, 0.29) is 11.9 Å². The van der Waals surface area contributed by atoms with Crippen molar-refractivity contribution in [2.45, 2.75) is 51.6 Å². The van der Waals surface area contributed by atoms with Crippen LogP contribution in [-0.2, 0) is 24.2 Å². The van der Waals surface area contributed by atoms with E-state index in [0.29, 0.717) is 13.0 Å². The van der Waals surface area contributed by atoms with Crippen molar-refractivity contribution in [2.24, 2.45) is 5.73 Å². The minimum absolute atomic E-state index is 0.0108. The van der Waals surface area contributed by atoms with Crippen LogP contribution in [0.2, 0.25) is 0 Å². The van der Waals surface area contributed by atoms with Crippen molar-refractivity contribution in [1.82, 2.24) is 5.32 Å². The Bertz CT molecular complexity index is 379. The Morgan fingerprint density at radius 3 is 3.12 bits per heavy atom. The summed E-state index contributed by atoms with van der Waals surface area (Å²) in [5, 5.41) is 2.94. The van der Waals surface area contributed by atoms with Crippen molar-refractivity contribution >= 4 is 17.2 Å². The lowest BCUT2D eigenvalue weighted by Gasteiger charge is -2.08. The minimum Gasteiger partial charge on any atom is -0.351 e. The molecule has 0 aliphatic heterocycles. The van der Waals surface area contributed by atoms with Crippen LogP contribution in [0.1, 0.15) is 41.5 Å². The van der Waals surface area contributed by atoms with Crippen molar-refractivity contribution in [3.05, 3.63) is 21.4 Å². The molecule has 4 heteroatoms. The lowest BCUT2D eigenvalue weighted by atomic mass is 10.1. The largest absolute Gasteiger partial charge is 0.351 e. The van der Waals surface area contributed by atoms with Crippen LogP contribution in [0.4, 0.5) is 0 Å². The van der Waals surface area contributed by atoms with Crippen LogP contribution in [0, 0.1) is 0 Å². The Labute approximate surface area is 106 Å². The smallest absolute Gasteiger partial charge is 0.221 e. The lowest BCUT2D eigenvalue weighted by Crippen LogP contribution is -2.30. The second-order valence-electron chi connectivity index (χ2n) is 4.66. The molecule has 0 aromatic carbocycles. The molecular weight excluding hydrogens is 232 g/mol. The molecule has 1 heterocycles. The maximum absolute atomic E-state index is 11.6. The van der Waals surface area contributed by atoms with E-state index >= 15 is 0 Å². The first-order valence-corrected chi connectivity index (χ1v) is 7.13. The summed E-state index contributed by atoms with van der Waals surface area (Å²) in [6, 6.07) is 2.23. The second-order valence-corrected chi connectivity index (χ2v) is 5.89. The zero-order chi connectivity index (χ0) is 12.3. The van der Waals surface area contributed by atoms with Crippen LogP contribution in [0.3, 0.4) is 0 Å². The van der Waals surface area contributed by atoms with Gasteiger partial charge in [-0.2, -0.15) is 0 Å². The van der Waals surface area contributed by atoms with Gasteiger partial charge >= 0.3 is 0 Å². The van der Waals surface area contributed by atoms with E-state index in [0.717, 1.165) is 6.42 Å². The van der Waals surface area contributed by atoms with Crippen LogP contribution in [0.5, 0.6) is 0 Å². The Hall–Kier alpha value is -0.870. The van der Waals surface area contributed by atoms with E-state index in [1.807, 2.05) is 18.3 Å². The van der Waals surface area contributed by atoms with Gasteiger partial charge in [-0.05, 0) is 37.3 Å². The van der Waals surface area contributed by atoms with Gasteiger partial charge < -0.3 is 11.1 Å². The van der Waals surface area contributed by atoms with Gasteiger partial charge in [-0.1, -0.05) is 6.92 Å². The second kappa shape index (κ2) is 5.65. The highest BCUT2D eigenvalue weighted by Gasteiger charge is 2.15. The standard InChI is InChI=1S/C13H20N2OS/c1-2-10(14)7-13(16)15-8-11-6-9-4-3-5-12(9)17-11/h6,10H,2-5,7-8,14H2,1H3,(H,15,16). The highest BCUT2D eigenvalue weighted by molar-refractivity contribution is 7.12. The molecule has 0 saturated heterocycles. The Morgan fingerprint density at radius 1 is 1.59 bits per heavy atom. The number of hydrogen-bond donors (Lipinski definition) is 2. The SMILES string of the molecule is CCC(N)CC(=O)NCc1cc2c(s1)CCC2. The van der Waals surface area contributed by atoms with Gasteiger partial charge in [-0.25, -0.2) is 0 Å². The lowest BCUT2D eigenvalue weighted by molar-refractivity contribution is -0.121. The predicted molar refractivity (Wildman–Crippen MR) is 71.1 cm³/mol. The first-order valence-electron chi connectivity index (χ1n) is 6.31. The number of nitrogens with two attached hydrogens (primary N) is 1. The average molecular weight is 252 g/mol. The Morgan fingerprint density at radius 2 is 2.41 bits per heavy atom. The zero-order valence-electron chi connectivity index (χ0n) is 10.3. The van der Waals surface area contributed by atoms with Crippen LogP contribution < -0.4 is 11.1 Å². The number of amides is 1. The molecule has 3 N–H and O–H groups in total. The number of carbonyl (C=O) groups is 1.